The van der Waals surface area contributed by atoms with Gasteiger partial charge in [-0.3, -0.25) is 9.59 Å². The fraction of sp³-hybridized carbons (Fsp3) is 0.333. The molecule has 168 valence electrons. The van der Waals surface area contributed by atoms with Crippen molar-refractivity contribution in [1.82, 2.24) is 0 Å². The largest absolute Gasteiger partial charge is 0.365 e. The van der Waals surface area contributed by atoms with Gasteiger partial charge in [0, 0.05) is 5.92 Å². The molecule has 3 aliphatic rings. The maximum atomic E-state index is 13.1. The molecule has 0 fully saturated rings. The minimum absolute atomic E-state index is 0.103. The monoisotopic (exact) mass is 437 g/mol. The van der Waals surface area contributed by atoms with E-state index >= 15 is 0 Å². The highest BCUT2D eigenvalue weighted by atomic mass is 16.2. The molecule has 0 aromatic heterocycles. The summed E-state index contributed by atoms with van der Waals surface area (Å²) in [5.41, 5.74) is 15.8. The van der Waals surface area contributed by atoms with Gasteiger partial charge < -0.3 is 5.73 Å². The predicted octanol–water partition coefficient (Wildman–Crippen LogP) is 5.30. The summed E-state index contributed by atoms with van der Waals surface area (Å²) in [6, 6.07) is 15.2. The second-order valence-corrected chi connectivity index (χ2v) is 9.91. The topological polar surface area (TPSA) is 60.2 Å². The Hall–Kier alpha value is -3.20. The molecule has 33 heavy (non-hydrogen) atoms. The molecule has 2 aromatic carbocycles. The number of carbonyl (C=O) groups is 2. The minimum atomic E-state index is -0.606. The quantitative estimate of drug-likeness (QED) is 0.660. The van der Waals surface area contributed by atoms with Crippen LogP contribution in [0.4, 0.5) is 0 Å². The summed E-state index contributed by atoms with van der Waals surface area (Å²) in [5, 5.41) is 0. The first-order valence-corrected chi connectivity index (χ1v) is 12.0. The highest BCUT2D eigenvalue weighted by molar-refractivity contribution is 6.20. The van der Waals surface area contributed by atoms with Gasteiger partial charge in [-0.05, 0) is 96.8 Å². The number of rotatable bonds is 4. The number of benzene rings is 2. The molecule has 0 radical (unpaired) electrons. The van der Waals surface area contributed by atoms with Gasteiger partial charge >= 0.3 is 0 Å². The van der Waals surface area contributed by atoms with E-state index in [9.17, 15) is 9.59 Å². The average Bonchev–Trinajstić information content (AvgIpc) is 2.79. The van der Waals surface area contributed by atoms with E-state index < -0.39 is 5.91 Å². The maximum absolute atomic E-state index is 13.1. The van der Waals surface area contributed by atoms with E-state index in [1.807, 2.05) is 0 Å². The highest BCUT2D eigenvalue weighted by Crippen LogP contribution is 2.52. The minimum Gasteiger partial charge on any atom is -0.365 e. The molecule has 0 aliphatic heterocycles. The van der Waals surface area contributed by atoms with Gasteiger partial charge in [0.1, 0.15) is 0 Å². The SMILES string of the molecule is C=C1C2=C(C)C3C(=O)C(C(N)=O)=CCC3CC2Cc2c(CCc3ccccc3)ccc(C)c21. The number of hydrogen-bond acceptors (Lipinski definition) is 2. The van der Waals surface area contributed by atoms with Crippen molar-refractivity contribution in [2.45, 2.75) is 46.0 Å². The zero-order valence-corrected chi connectivity index (χ0v) is 19.5. The smallest absolute Gasteiger partial charge is 0.252 e. The van der Waals surface area contributed by atoms with Gasteiger partial charge in [-0.15, -0.1) is 0 Å². The second-order valence-electron chi connectivity index (χ2n) is 9.91. The molecule has 0 spiro atoms. The van der Waals surface area contributed by atoms with E-state index in [0.717, 1.165) is 43.3 Å². The fourth-order valence-corrected chi connectivity index (χ4v) is 6.53. The van der Waals surface area contributed by atoms with Crippen LogP contribution in [0.3, 0.4) is 0 Å². The van der Waals surface area contributed by atoms with Crippen molar-refractivity contribution in [3.63, 3.8) is 0 Å². The Kier molecular flexibility index (Phi) is 5.44. The standard InChI is InChI=1S/C30H31NO2/c1-17-9-11-21(12-10-20-7-5-4-6-8-20)25-16-23-15-22-13-14-24(30(31)33)29(32)28(22)19(3)27(23)18(2)26(17)25/h4-9,11,14,22-23,28H,2,10,12-13,15-16H2,1,3H3,(H2,31,33). The molecule has 0 heterocycles. The van der Waals surface area contributed by atoms with Crippen molar-refractivity contribution in [1.29, 1.82) is 0 Å². The summed E-state index contributed by atoms with van der Waals surface area (Å²) in [5.74, 6) is -0.344. The molecule has 0 saturated carbocycles. The highest BCUT2D eigenvalue weighted by Gasteiger charge is 2.44. The van der Waals surface area contributed by atoms with Crippen molar-refractivity contribution < 1.29 is 9.59 Å². The number of hydrogen-bond donors (Lipinski definition) is 1. The Bertz CT molecular complexity index is 1230. The summed E-state index contributed by atoms with van der Waals surface area (Å²) in [4.78, 5) is 24.9. The van der Waals surface area contributed by atoms with Crippen LogP contribution in [-0.4, -0.2) is 11.7 Å². The maximum Gasteiger partial charge on any atom is 0.252 e. The van der Waals surface area contributed by atoms with E-state index in [1.165, 1.54) is 33.4 Å². The number of fused-ring (bicyclic) bond motifs is 3. The summed E-state index contributed by atoms with van der Waals surface area (Å²) >= 11 is 0. The number of nitrogens with two attached hydrogens (primary N) is 1. The predicted molar refractivity (Wildman–Crippen MR) is 132 cm³/mol. The molecule has 0 bridgehead atoms. The molecule has 3 heteroatoms. The van der Waals surface area contributed by atoms with Gasteiger partial charge in [0.15, 0.2) is 5.78 Å². The number of Topliss-reactive ketones (excluding diaryl/α,β-unsaturated/α-hetero) is 1. The van der Waals surface area contributed by atoms with E-state index in [-0.39, 0.29) is 23.2 Å². The van der Waals surface area contributed by atoms with Crippen LogP contribution < -0.4 is 5.73 Å². The molecule has 3 unspecified atom stereocenters. The lowest BCUT2D eigenvalue weighted by Gasteiger charge is -2.44. The van der Waals surface area contributed by atoms with Crippen molar-refractivity contribution >= 4 is 17.3 Å². The van der Waals surface area contributed by atoms with E-state index in [2.05, 4.69) is 62.9 Å². The molecule has 3 nitrogen and oxygen atoms in total. The summed E-state index contributed by atoms with van der Waals surface area (Å²) in [6.45, 7) is 8.79. The Balaban J connectivity index is 1.52. The number of primary amides is 1. The van der Waals surface area contributed by atoms with Gasteiger partial charge in [-0.25, -0.2) is 0 Å². The Morgan fingerprint density at radius 2 is 1.85 bits per heavy atom. The van der Waals surface area contributed by atoms with Crippen LogP contribution in [0.25, 0.3) is 5.57 Å². The van der Waals surface area contributed by atoms with Crippen molar-refractivity contribution in [3.8, 4) is 0 Å². The molecule has 1 amide bonds. The number of amides is 1. The first-order valence-electron chi connectivity index (χ1n) is 12.0. The van der Waals surface area contributed by atoms with Crippen LogP contribution in [0.5, 0.6) is 0 Å². The number of carbonyl (C=O) groups excluding carboxylic acids is 2. The van der Waals surface area contributed by atoms with E-state index in [4.69, 9.17) is 5.73 Å². The molecular formula is C30H31NO2. The lowest BCUT2D eigenvalue weighted by molar-refractivity contribution is -0.124. The Morgan fingerprint density at radius 3 is 2.58 bits per heavy atom. The number of allylic oxidation sites excluding steroid dienone is 4. The van der Waals surface area contributed by atoms with Gasteiger partial charge in [-0.2, -0.15) is 0 Å². The van der Waals surface area contributed by atoms with E-state index in [1.54, 1.807) is 6.08 Å². The lowest BCUT2D eigenvalue weighted by atomic mass is 9.59. The van der Waals surface area contributed by atoms with Gasteiger partial charge in [0.05, 0.1) is 5.57 Å². The molecule has 2 aromatic rings. The van der Waals surface area contributed by atoms with Crippen molar-refractivity contribution in [2.75, 3.05) is 0 Å². The summed E-state index contributed by atoms with van der Waals surface area (Å²) in [6.07, 6.45) is 6.50. The first kappa shape index (κ1) is 21.6. The Morgan fingerprint density at radius 1 is 1.09 bits per heavy atom. The number of aryl methyl sites for hydroxylation is 3. The van der Waals surface area contributed by atoms with E-state index in [0.29, 0.717) is 5.92 Å². The van der Waals surface area contributed by atoms with Gasteiger partial charge in [0.2, 0.25) is 0 Å². The molecule has 3 atom stereocenters. The third kappa shape index (κ3) is 3.60. The molecule has 5 rings (SSSR count). The summed E-state index contributed by atoms with van der Waals surface area (Å²) in [7, 11) is 0. The normalized spacial score (nSPS) is 24.1. The van der Waals surface area contributed by atoms with Crippen molar-refractivity contribution in [3.05, 3.63) is 99.7 Å². The lowest BCUT2D eigenvalue weighted by Crippen LogP contribution is -2.40. The average molecular weight is 438 g/mol. The van der Waals surface area contributed by atoms with Gasteiger partial charge in [-0.1, -0.05) is 60.7 Å². The van der Waals surface area contributed by atoms with Crippen LogP contribution >= 0.6 is 0 Å². The van der Waals surface area contributed by atoms with Crippen LogP contribution in [-0.2, 0) is 28.9 Å². The third-order valence-electron chi connectivity index (χ3n) is 8.02. The number of ketones is 1. The second kappa shape index (κ2) is 8.30. The fourth-order valence-electron chi connectivity index (χ4n) is 6.53. The molecular weight excluding hydrogens is 406 g/mol. The Labute approximate surface area is 196 Å². The zero-order valence-electron chi connectivity index (χ0n) is 19.5. The first-order chi connectivity index (χ1) is 15.9. The van der Waals surface area contributed by atoms with Crippen LogP contribution in [0.2, 0.25) is 0 Å². The van der Waals surface area contributed by atoms with Gasteiger partial charge in [0.25, 0.3) is 5.91 Å². The van der Waals surface area contributed by atoms with Crippen LogP contribution in [0.1, 0.15) is 47.6 Å². The van der Waals surface area contributed by atoms with Crippen LogP contribution in [0.15, 0.2) is 71.8 Å². The zero-order chi connectivity index (χ0) is 23.3. The van der Waals surface area contributed by atoms with Crippen molar-refractivity contribution in [2.24, 2.45) is 23.5 Å². The summed E-state index contributed by atoms with van der Waals surface area (Å²) < 4.78 is 0. The molecule has 0 saturated heterocycles. The van der Waals surface area contributed by atoms with Crippen LogP contribution in [0, 0.1) is 24.7 Å². The molecule has 2 N–H and O–H groups in total. The third-order valence-corrected chi connectivity index (χ3v) is 8.02. The molecule has 3 aliphatic carbocycles.